The number of phosphoric acid groups is 1. The highest BCUT2D eigenvalue weighted by atomic mass is 31.2. The van der Waals surface area contributed by atoms with Crippen molar-refractivity contribution in [3.63, 3.8) is 0 Å². The molecule has 0 heterocycles. The summed E-state index contributed by atoms with van der Waals surface area (Å²) in [5.41, 5.74) is 5.35. The molecule has 10 heteroatoms. The molecule has 9 nitrogen and oxygen atoms in total. The molecule has 0 aromatic heterocycles. The van der Waals surface area contributed by atoms with Crippen molar-refractivity contribution in [2.45, 2.75) is 193 Å². The van der Waals surface area contributed by atoms with Gasteiger partial charge in [-0.05, 0) is 70.6 Å². The van der Waals surface area contributed by atoms with Crippen LogP contribution < -0.4 is 11.1 Å². The van der Waals surface area contributed by atoms with Crippen molar-refractivity contribution in [2.24, 2.45) is 5.73 Å². The fourth-order valence-corrected chi connectivity index (χ4v) is 6.60. The maximum atomic E-state index is 12.8. The van der Waals surface area contributed by atoms with Gasteiger partial charge in [0.1, 0.15) is 0 Å². The topological polar surface area (TPSA) is 151 Å². The molecule has 4 unspecified atom stereocenters. The van der Waals surface area contributed by atoms with Gasteiger partial charge in [-0.2, -0.15) is 0 Å². The number of carbonyl (C=O) groups excluding carboxylic acids is 1. The number of phosphoric ester groups is 1. The number of nitrogens with two attached hydrogens (primary N) is 1. The highest BCUT2D eigenvalue weighted by Crippen LogP contribution is 2.43. The molecule has 0 aliphatic carbocycles. The molecule has 0 fully saturated rings. The lowest BCUT2D eigenvalue weighted by molar-refractivity contribution is -0.124. The summed E-state index contributed by atoms with van der Waals surface area (Å²) in [4.78, 5) is 22.7. The molecule has 314 valence electrons. The van der Waals surface area contributed by atoms with Gasteiger partial charge in [0.15, 0.2) is 0 Å². The Morgan fingerprint density at radius 2 is 1.11 bits per heavy atom. The molecule has 54 heavy (non-hydrogen) atoms. The number of unbranched alkanes of at least 4 members (excludes halogenated alkanes) is 18. The minimum absolute atomic E-state index is 0.0391. The summed E-state index contributed by atoms with van der Waals surface area (Å²) in [6.07, 6.45) is 45.9. The molecule has 0 saturated carbocycles. The fraction of sp³-hybridized carbons (Fsp3) is 0.750. The highest BCUT2D eigenvalue weighted by Gasteiger charge is 2.27. The summed E-state index contributed by atoms with van der Waals surface area (Å²) < 4.78 is 22.0. The minimum atomic E-state index is -4.41. The van der Waals surface area contributed by atoms with E-state index >= 15 is 0 Å². The Kier molecular flexibility index (Phi) is 38.1. The lowest BCUT2D eigenvalue weighted by atomic mass is 10.0. The molecule has 0 saturated heterocycles. The maximum Gasteiger partial charge on any atom is 0.472 e. The first kappa shape index (κ1) is 52.2. The first-order chi connectivity index (χ1) is 26.3. The minimum Gasteiger partial charge on any atom is -0.393 e. The number of aliphatic hydroxyl groups excluding tert-OH is 2. The Balaban J connectivity index is 4.41. The van der Waals surface area contributed by atoms with Crippen molar-refractivity contribution in [1.29, 1.82) is 0 Å². The van der Waals surface area contributed by atoms with Gasteiger partial charge in [0, 0.05) is 6.54 Å². The van der Waals surface area contributed by atoms with Gasteiger partial charge in [-0.25, -0.2) is 4.57 Å². The molecule has 0 spiro atoms. The molecule has 4 atom stereocenters. The van der Waals surface area contributed by atoms with Crippen LogP contribution in [-0.2, 0) is 18.4 Å². The number of rotatable bonds is 39. The molecule has 0 aliphatic heterocycles. The van der Waals surface area contributed by atoms with Crippen LogP contribution in [0.3, 0.4) is 0 Å². The van der Waals surface area contributed by atoms with Gasteiger partial charge in [-0.1, -0.05) is 158 Å². The number of aliphatic hydroxyl groups is 2. The van der Waals surface area contributed by atoms with Gasteiger partial charge in [-0.3, -0.25) is 13.8 Å². The van der Waals surface area contributed by atoms with Crippen molar-refractivity contribution < 1.29 is 33.5 Å². The van der Waals surface area contributed by atoms with Gasteiger partial charge in [0.05, 0.1) is 37.9 Å². The van der Waals surface area contributed by atoms with Gasteiger partial charge < -0.3 is 26.2 Å². The summed E-state index contributed by atoms with van der Waals surface area (Å²) in [6, 6.07) is -1.01. The zero-order valence-electron chi connectivity index (χ0n) is 34.3. The SMILES string of the molecule is CCCCC/C=C\C=C/CCCCCCCCCCC(O)CC(=O)NC(COP(=O)(O)OCCN)C(O)/C=C/CC/C=C/CC/C=C/CCCCCCC. The van der Waals surface area contributed by atoms with Gasteiger partial charge in [0.2, 0.25) is 5.91 Å². The van der Waals surface area contributed by atoms with Crippen molar-refractivity contribution in [3.05, 3.63) is 60.8 Å². The van der Waals surface area contributed by atoms with E-state index in [-0.39, 0.29) is 19.6 Å². The molecule has 6 N–H and O–H groups in total. The molecule has 1 amide bonds. The highest BCUT2D eigenvalue weighted by molar-refractivity contribution is 7.47. The van der Waals surface area contributed by atoms with Crippen LogP contribution in [0.15, 0.2) is 60.8 Å². The van der Waals surface area contributed by atoms with Crippen LogP contribution in [0.1, 0.15) is 174 Å². The molecule has 0 aromatic carbocycles. The van der Waals surface area contributed by atoms with Gasteiger partial charge in [-0.15, -0.1) is 0 Å². The summed E-state index contributed by atoms with van der Waals surface area (Å²) >= 11 is 0. The summed E-state index contributed by atoms with van der Waals surface area (Å²) in [5.74, 6) is -0.467. The number of carbonyl (C=O) groups is 1. The Morgan fingerprint density at radius 3 is 1.69 bits per heavy atom. The Bertz CT molecular complexity index is 1050. The van der Waals surface area contributed by atoms with E-state index in [1.54, 1.807) is 6.08 Å². The zero-order valence-corrected chi connectivity index (χ0v) is 35.2. The standard InChI is InChI=1S/C44H81N2O7P/c1-3-5-7-9-11-13-15-17-19-20-22-23-25-27-29-31-33-35-41(47)39-44(49)46-42(40-53-54(50,51)52-38-37-45)43(48)36-34-32-30-28-26-24-21-18-16-14-12-10-8-6-4-2/h11,13,15-18,26,28,34,36,41-43,47-48H,3-10,12,14,19-25,27,29-33,35,37-40,45H2,1-2H3,(H,46,49)(H,50,51)/b13-11-,17-15-,18-16+,28-26+,36-34+. The van der Waals surface area contributed by atoms with Crippen LogP contribution in [-0.4, -0.2) is 59.0 Å². The third-order valence-corrected chi connectivity index (χ3v) is 10.1. The van der Waals surface area contributed by atoms with Crippen LogP contribution >= 0.6 is 7.82 Å². The number of nitrogens with one attached hydrogen (secondary N) is 1. The predicted molar refractivity (Wildman–Crippen MR) is 227 cm³/mol. The van der Waals surface area contributed by atoms with E-state index in [4.69, 9.17) is 14.8 Å². The molecular weight excluding hydrogens is 699 g/mol. The monoisotopic (exact) mass is 781 g/mol. The second-order valence-electron chi connectivity index (χ2n) is 14.4. The third kappa shape index (κ3) is 37.1. The van der Waals surface area contributed by atoms with Crippen LogP contribution in [0.25, 0.3) is 0 Å². The molecular formula is C44H81N2O7P. The third-order valence-electron chi connectivity index (χ3n) is 9.13. The average molecular weight is 781 g/mol. The van der Waals surface area contributed by atoms with Crippen molar-refractivity contribution in [2.75, 3.05) is 19.8 Å². The molecule has 0 aromatic rings. The average Bonchev–Trinajstić information content (AvgIpc) is 3.15. The smallest absolute Gasteiger partial charge is 0.393 e. The van der Waals surface area contributed by atoms with E-state index in [0.29, 0.717) is 12.8 Å². The van der Waals surface area contributed by atoms with Gasteiger partial charge >= 0.3 is 7.82 Å². The Hall–Kier alpha value is -1.84. The Labute approximate surface area is 330 Å². The number of hydrogen-bond acceptors (Lipinski definition) is 7. The summed E-state index contributed by atoms with van der Waals surface area (Å²) in [6.45, 7) is 3.88. The number of hydrogen-bond donors (Lipinski definition) is 5. The fourth-order valence-electron chi connectivity index (χ4n) is 5.84. The molecule has 0 rings (SSSR count). The number of amides is 1. The first-order valence-corrected chi connectivity index (χ1v) is 23.0. The zero-order chi connectivity index (χ0) is 39.8. The Morgan fingerprint density at radius 1 is 0.648 bits per heavy atom. The van der Waals surface area contributed by atoms with Crippen LogP contribution in [0.5, 0.6) is 0 Å². The van der Waals surface area contributed by atoms with E-state index in [1.165, 1.54) is 89.9 Å². The van der Waals surface area contributed by atoms with E-state index in [0.717, 1.165) is 51.4 Å². The molecule has 0 aliphatic rings. The van der Waals surface area contributed by atoms with E-state index in [9.17, 15) is 24.5 Å². The van der Waals surface area contributed by atoms with Crippen LogP contribution in [0.4, 0.5) is 0 Å². The maximum absolute atomic E-state index is 12.8. The van der Waals surface area contributed by atoms with Gasteiger partial charge in [0.25, 0.3) is 0 Å². The summed E-state index contributed by atoms with van der Waals surface area (Å²) in [5, 5.41) is 24.0. The first-order valence-electron chi connectivity index (χ1n) is 21.5. The van der Waals surface area contributed by atoms with Crippen LogP contribution in [0, 0.1) is 0 Å². The van der Waals surface area contributed by atoms with Crippen molar-refractivity contribution >= 4 is 13.7 Å². The predicted octanol–water partition coefficient (Wildman–Crippen LogP) is 10.9. The largest absolute Gasteiger partial charge is 0.472 e. The quantitative estimate of drug-likeness (QED) is 0.0179. The second kappa shape index (κ2) is 39.4. The summed E-state index contributed by atoms with van der Waals surface area (Å²) in [7, 11) is -4.41. The second-order valence-corrected chi connectivity index (χ2v) is 15.8. The van der Waals surface area contributed by atoms with E-state index < -0.39 is 38.6 Å². The lowest BCUT2D eigenvalue weighted by Gasteiger charge is -2.24. The van der Waals surface area contributed by atoms with Crippen molar-refractivity contribution in [1.82, 2.24) is 5.32 Å². The van der Waals surface area contributed by atoms with Crippen molar-refractivity contribution in [3.8, 4) is 0 Å². The van der Waals surface area contributed by atoms with E-state index in [2.05, 4.69) is 67.8 Å². The molecule has 0 radical (unpaired) electrons. The van der Waals surface area contributed by atoms with E-state index in [1.807, 2.05) is 6.08 Å². The normalized spacial score (nSPS) is 15.3. The molecule has 0 bridgehead atoms. The lowest BCUT2D eigenvalue weighted by Crippen LogP contribution is -2.46. The van der Waals surface area contributed by atoms with Crippen LogP contribution in [0.2, 0.25) is 0 Å². The number of allylic oxidation sites excluding steroid dienone is 9.